The van der Waals surface area contributed by atoms with Crippen molar-refractivity contribution < 1.29 is 19.1 Å². The van der Waals surface area contributed by atoms with Crippen LogP contribution in [-0.2, 0) is 19.9 Å². The van der Waals surface area contributed by atoms with Crippen LogP contribution in [0.4, 0.5) is 10.1 Å². The van der Waals surface area contributed by atoms with E-state index in [-0.39, 0.29) is 16.9 Å². The van der Waals surface area contributed by atoms with Gasteiger partial charge in [-0.1, -0.05) is 0 Å². The number of hydrogen-bond acceptors (Lipinski definition) is 3. The van der Waals surface area contributed by atoms with Crippen LogP contribution in [0.3, 0.4) is 0 Å². The number of aryl methyl sites for hydroxylation is 1. The van der Waals surface area contributed by atoms with Crippen LogP contribution in [0.15, 0.2) is 18.2 Å². The van der Waals surface area contributed by atoms with Crippen LogP contribution in [0.2, 0.25) is 0 Å². The maximum atomic E-state index is 13.4. The smallest absolute Gasteiger partial charge is 0.337 e. The minimum absolute atomic E-state index is 0.0716. The van der Waals surface area contributed by atoms with Crippen molar-refractivity contribution >= 4 is 17.6 Å². The Kier molecular flexibility index (Phi) is 3.85. The second-order valence-electron chi connectivity index (χ2n) is 5.55. The molecule has 0 aliphatic heterocycles. The summed E-state index contributed by atoms with van der Waals surface area (Å²) in [7, 11) is 1.78. The van der Waals surface area contributed by atoms with Gasteiger partial charge in [-0.25, -0.2) is 9.18 Å². The van der Waals surface area contributed by atoms with Gasteiger partial charge >= 0.3 is 5.97 Å². The number of amides is 1. The van der Waals surface area contributed by atoms with Gasteiger partial charge in [0.1, 0.15) is 5.82 Å². The van der Waals surface area contributed by atoms with Gasteiger partial charge in [-0.2, -0.15) is 5.10 Å². The number of halogens is 1. The molecular formula is C16H16FN3O3. The van der Waals surface area contributed by atoms with E-state index in [0.717, 1.165) is 55.1 Å². The predicted molar refractivity (Wildman–Crippen MR) is 81.2 cm³/mol. The molecule has 0 fully saturated rings. The highest BCUT2D eigenvalue weighted by Gasteiger charge is 2.24. The molecule has 6 nitrogen and oxygen atoms in total. The van der Waals surface area contributed by atoms with Crippen LogP contribution in [0.25, 0.3) is 0 Å². The first-order valence-corrected chi connectivity index (χ1v) is 7.36. The molecule has 1 aromatic carbocycles. The Labute approximate surface area is 131 Å². The van der Waals surface area contributed by atoms with Gasteiger partial charge in [0, 0.05) is 18.3 Å². The lowest BCUT2D eigenvalue weighted by Crippen LogP contribution is -2.17. The zero-order valence-corrected chi connectivity index (χ0v) is 12.6. The summed E-state index contributed by atoms with van der Waals surface area (Å²) < 4.78 is 15.1. The number of carbonyl (C=O) groups is 2. The average molecular weight is 317 g/mol. The van der Waals surface area contributed by atoms with Gasteiger partial charge in [0.15, 0.2) is 5.69 Å². The van der Waals surface area contributed by atoms with Gasteiger partial charge in [0.2, 0.25) is 0 Å². The average Bonchev–Trinajstić information content (AvgIpc) is 2.85. The minimum Gasteiger partial charge on any atom is -0.478 e. The summed E-state index contributed by atoms with van der Waals surface area (Å²) in [6.07, 6.45) is 3.67. The van der Waals surface area contributed by atoms with E-state index in [1.807, 2.05) is 0 Å². The number of rotatable bonds is 3. The number of fused-ring (bicyclic) bond motifs is 1. The maximum Gasteiger partial charge on any atom is 0.337 e. The summed E-state index contributed by atoms with van der Waals surface area (Å²) >= 11 is 0. The maximum absolute atomic E-state index is 13.4. The third-order valence-corrected chi connectivity index (χ3v) is 4.04. The van der Waals surface area contributed by atoms with Gasteiger partial charge in [0.25, 0.3) is 5.91 Å². The zero-order chi connectivity index (χ0) is 16.6. The van der Waals surface area contributed by atoms with E-state index in [2.05, 4.69) is 10.4 Å². The number of hydrogen-bond donors (Lipinski definition) is 2. The Morgan fingerprint density at radius 3 is 2.78 bits per heavy atom. The molecular weight excluding hydrogens is 301 g/mol. The fraction of sp³-hybridized carbons (Fsp3) is 0.312. The summed E-state index contributed by atoms with van der Waals surface area (Å²) in [5.41, 5.74) is 1.97. The first-order valence-electron chi connectivity index (χ1n) is 7.36. The molecule has 3 rings (SSSR count). The van der Waals surface area contributed by atoms with E-state index in [4.69, 9.17) is 5.11 Å². The quantitative estimate of drug-likeness (QED) is 0.910. The van der Waals surface area contributed by atoms with Crippen molar-refractivity contribution in [2.75, 3.05) is 5.32 Å². The highest BCUT2D eigenvalue weighted by molar-refractivity contribution is 6.07. The van der Waals surface area contributed by atoms with Crippen LogP contribution >= 0.6 is 0 Å². The van der Waals surface area contributed by atoms with Gasteiger partial charge in [0.05, 0.1) is 11.3 Å². The van der Waals surface area contributed by atoms with Crippen LogP contribution in [0.1, 0.15) is 44.9 Å². The molecule has 0 atom stereocenters. The molecule has 1 aliphatic carbocycles. The molecule has 1 aromatic heterocycles. The third-order valence-electron chi connectivity index (χ3n) is 4.04. The Balaban J connectivity index is 1.94. The first-order chi connectivity index (χ1) is 11.0. The lowest BCUT2D eigenvalue weighted by atomic mass is 9.95. The molecule has 1 heterocycles. The van der Waals surface area contributed by atoms with E-state index in [1.54, 1.807) is 11.7 Å². The van der Waals surface area contributed by atoms with Gasteiger partial charge in [-0.3, -0.25) is 9.48 Å². The number of aromatic nitrogens is 2. The SMILES string of the molecule is Cn1nc(C(=O)Nc2cc(F)ccc2C(=O)O)c2c1CCCC2. The second-order valence-corrected chi connectivity index (χ2v) is 5.55. The summed E-state index contributed by atoms with van der Waals surface area (Å²) in [4.78, 5) is 23.7. The Bertz CT molecular complexity index is 798. The fourth-order valence-electron chi connectivity index (χ4n) is 2.94. The van der Waals surface area contributed by atoms with Gasteiger partial charge in [-0.15, -0.1) is 0 Å². The molecule has 0 radical (unpaired) electrons. The van der Waals surface area contributed by atoms with E-state index < -0.39 is 17.7 Å². The normalized spacial score (nSPS) is 13.5. The summed E-state index contributed by atoms with van der Waals surface area (Å²) in [5, 5.41) is 15.9. The van der Waals surface area contributed by atoms with E-state index >= 15 is 0 Å². The molecule has 0 bridgehead atoms. The topological polar surface area (TPSA) is 84.2 Å². The number of nitrogens with zero attached hydrogens (tertiary/aromatic N) is 2. The molecule has 1 aliphatic rings. The summed E-state index contributed by atoms with van der Waals surface area (Å²) in [6.45, 7) is 0. The highest BCUT2D eigenvalue weighted by Crippen LogP contribution is 2.25. The largest absolute Gasteiger partial charge is 0.478 e. The number of carbonyl (C=O) groups excluding carboxylic acids is 1. The Morgan fingerprint density at radius 2 is 2.04 bits per heavy atom. The molecule has 0 saturated heterocycles. The molecule has 2 N–H and O–H groups in total. The molecule has 0 spiro atoms. The van der Waals surface area contributed by atoms with Crippen molar-refractivity contribution in [1.29, 1.82) is 0 Å². The molecule has 23 heavy (non-hydrogen) atoms. The van der Waals surface area contributed by atoms with Crippen molar-refractivity contribution in [3.8, 4) is 0 Å². The Hall–Kier alpha value is -2.70. The third kappa shape index (κ3) is 2.81. The minimum atomic E-state index is -1.23. The monoisotopic (exact) mass is 317 g/mol. The first kappa shape index (κ1) is 15.2. The van der Waals surface area contributed by atoms with Gasteiger partial charge in [-0.05, 0) is 43.9 Å². The number of aromatic carboxylic acids is 1. The van der Waals surface area contributed by atoms with E-state index in [9.17, 15) is 14.0 Å². The molecule has 1 amide bonds. The van der Waals surface area contributed by atoms with Crippen molar-refractivity contribution in [3.63, 3.8) is 0 Å². The van der Waals surface area contributed by atoms with E-state index in [0.29, 0.717) is 0 Å². The van der Waals surface area contributed by atoms with Crippen molar-refractivity contribution in [2.24, 2.45) is 7.05 Å². The molecule has 0 unspecified atom stereocenters. The molecule has 2 aromatic rings. The zero-order valence-electron chi connectivity index (χ0n) is 12.6. The molecule has 7 heteroatoms. The van der Waals surface area contributed by atoms with Crippen molar-refractivity contribution in [2.45, 2.75) is 25.7 Å². The number of carboxylic acid groups (broad SMARTS) is 1. The van der Waals surface area contributed by atoms with Crippen LogP contribution < -0.4 is 5.32 Å². The van der Waals surface area contributed by atoms with E-state index in [1.165, 1.54) is 0 Å². The van der Waals surface area contributed by atoms with Gasteiger partial charge < -0.3 is 10.4 Å². The van der Waals surface area contributed by atoms with Crippen molar-refractivity contribution in [1.82, 2.24) is 9.78 Å². The standard InChI is InChI=1S/C16H16FN3O3/c1-20-13-5-3-2-4-11(13)14(19-20)15(21)18-12-8-9(17)6-7-10(12)16(22)23/h6-8H,2-5H2,1H3,(H,18,21)(H,22,23). The molecule has 120 valence electrons. The summed E-state index contributed by atoms with van der Waals surface area (Å²) in [6, 6.07) is 3.17. The summed E-state index contributed by atoms with van der Waals surface area (Å²) in [5.74, 6) is -2.37. The fourth-order valence-corrected chi connectivity index (χ4v) is 2.94. The van der Waals surface area contributed by atoms with Crippen LogP contribution in [0, 0.1) is 5.82 Å². The lowest BCUT2D eigenvalue weighted by molar-refractivity contribution is 0.0698. The Morgan fingerprint density at radius 1 is 1.30 bits per heavy atom. The molecule has 0 saturated carbocycles. The van der Waals surface area contributed by atoms with Crippen LogP contribution in [0.5, 0.6) is 0 Å². The number of anilines is 1. The lowest BCUT2D eigenvalue weighted by Gasteiger charge is -2.13. The number of carboxylic acids is 1. The van der Waals surface area contributed by atoms with Crippen LogP contribution in [-0.4, -0.2) is 26.8 Å². The van der Waals surface area contributed by atoms with Crippen molar-refractivity contribution in [3.05, 3.63) is 46.5 Å². The number of nitrogens with one attached hydrogen (secondary N) is 1. The number of benzene rings is 1. The second kappa shape index (κ2) is 5.83. The highest BCUT2D eigenvalue weighted by atomic mass is 19.1. The predicted octanol–water partition coefficient (Wildman–Crippen LogP) is 2.39.